The molecule has 1 N–H and O–H groups in total. The third kappa shape index (κ3) is 3.67. The molecule has 0 radical (unpaired) electrons. The minimum atomic E-state index is -1.19. The number of urea groups is 1. The predicted octanol–water partition coefficient (Wildman–Crippen LogP) is 1.52. The van der Waals surface area contributed by atoms with Crippen molar-refractivity contribution in [3.8, 4) is 0 Å². The Morgan fingerprint density at radius 3 is 2.48 bits per heavy atom. The number of furan rings is 1. The first-order valence-electron chi connectivity index (χ1n) is 11.2. The monoisotopic (exact) mass is 450 g/mol. The third-order valence-electron chi connectivity index (χ3n) is 6.90. The first kappa shape index (κ1) is 21.2. The van der Waals surface area contributed by atoms with Crippen molar-refractivity contribution in [3.63, 3.8) is 0 Å². The average molecular weight is 450 g/mol. The lowest BCUT2D eigenvalue weighted by molar-refractivity contribution is -0.139. The number of aryl methyl sites for hydroxylation is 2. The normalized spacial score (nSPS) is 22.5. The summed E-state index contributed by atoms with van der Waals surface area (Å²) in [5.41, 5.74) is 2.05. The second-order valence-corrected chi connectivity index (χ2v) is 8.93. The highest BCUT2D eigenvalue weighted by Crippen LogP contribution is 2.32. The molecule has 2 fully saturated rings. The van der Waals surface area contributed by atoms with Crippen LogP contribution in [0, 0.1) is 0 Å². The molecular formula is C24H26N4O5. The number of fused-ring (bicyclic) bond motifs is 1. The molecule has 5 rings (SSSR count). The molecule has 2 aliphatic heterocycles. The van der Waals surface area contributed by atoms with Gasteiger partial charge in [0.1, 0.15) is 12.1 Å². The first-order chi connectivity index (χ1) is 15.9. The van der Waals surface area contributed by atoms with Crippen molar-refractivity contribution in [2.75, 3.05) is 32.7 Å². The Balaban J connectivity index is 1.22. The van der Waals surface area contributed by atoms with Gasteiger partial charge in [-0.25, -0.2) is 4.79 Å². The lowest BCUT2D eigenvalue weighted by Gasteiger charge is -2.34. The molecule has 1 aromatic heterocycles. The summed E-state index contributed by atoms with van der Waals surface area (Å²) in [6.07, 6.45) is 4.55. The molecule has 0 bridgehead atoms. The standard InChI is InChI=1S/C24H26N4O5/c1-24(18-8-7-16-4-2-5-17(16)14-18)22(31)28(23(32)25-24)15-20(29)26-9-11-27(12-10-26)21(30)19-6-3-13-33-19/h3,6-8,13-14H,2,4-5,9-12,15H2,1H3,(H,25,32)/t24-/m0/s1. The number of carbonyl (C=O) groups is 4. The van der Waals surface area contributed by atoms with Crippen molar-refractivity contribution in [2.24, 2.45) is 0 Å². The van der Waals surface area contributed by atoms with Crippen LogP contribution in [0.4, 0.5) is 4.79 Å². The molecule has 0 saturated carbocycles. The zero-order chi connectivity index (χ0) is 23.2. The molecule has 3 heterocycles. The van der Waals surface area contributed by atoms with Gasteiger partial charge < -0.3 is 19.5 Å². The second-order valence-electron chi connectivity index (χ2n) is 8.93. The largest absolute Gasteiger partial charge is 0.459 e. The van der Waals surface area contributed by atoms with Crippen LogP contribution in [0.3, 0.4) is 0 Å². The average Bonchev–Trinajstić information content (AvgIpc) is 3.56. The van der Waals surface area contributed by atoms with Crippen LogP contribution in [-0.4, -0.2) is 71.2 Å². The summed E-state index contributed by atoms with van der Waals surface area (Å²) in [4.78, 5) is 55.4. The molecule has 33 heavy (non-hydrogen) atoms. The van der Waals surface area contributed by atoms with Gasteiger partial charge in [0.15, 0.2) is 5.76 Å². The molecule has 9 nitrogen and oxygen atoms in total. The van der Waals surface area contributed by atoms with Gasteiger partial charge >= 0.3 is 6.03 Å². The number of piperazine rings is 1. The van der Waals surface area contributed by atoms with Gasteiger partial charge in [0.2, 0.25) is 5.91 Å². The van der Waals surface area contributed by atoms with Crippen molar-refractivity contribution >= 4 is 23.8 Å². The maximum atomic E-state index is 13.2. The lowest BCUT2D eigenvalue weighted by Crippen LogP contribution is -2.53. The fourth-order valence-corrected chi connectivity index (χ4v) is 4.87. The van der Waals surface area contributed by atoms with Crippen LogP contribution >= 0.6 is 0 Å². The number of hydrogen-bond acceptors (Lipinski definition) is 5. The number of nitrogens with one attached hydrogen (secondary N) is 1. The third-order valence-corrected chi connectivity index (χ3v) is 6.90. The summed E-state index contributed by atoms with van der Waals surface area (Å²) in [6, 6.07) is 8.61. The SMILES string of the molecule is C[C@@]1(c2ccc3c(c2)CCC3)NC(=O)N(CC(=O)N2CCN(C(=O)c3ccco3)CC2)C1=O. The van der Waals surface area contributed by atoms with Crippen molar-refractivity contribution in [1.82, 2.24) is 20.0 Å². The maximum Gasteiger partial charge on any atom is 0.325 e. The van der Waals surface area contributed by atoms with E-state index in [4.69, 9.17) is 4.42 Å². The van der Waals surface area contributed by atoms with Gasteiger partial charge in [0.25, 0.3) is 11.8 Å². The summed E-state index contributed by atoms with van der Waals surface area (Å²) in [6.45, 7) is 2.75. The van der Waals surface area contributed by atoms with Crippen molar-refractivity contribution in [1.29, 1.82) is 0 Å². The fraction of sp³-hybridized carbons (Fsp3) is 0.417. The summed E-state index contributed by atoms with van der Waals surface area (Å²) in [5, 5.41) is 2.79. The second kappa shape index (κ2) is 8.06. The van der Waals surface area contributed by atoms with Crippen LogP contribution in [-0.2, 0) is 28.0 Å². The van der Waals surface area contributed by atoms with Crippen LogP contribution in [0.1, 0.15) is 40.6 Å². The van der Waals surface area contributed by atoms with E-state index in [1.807, 2.05) is 18.2 Å². The number of amides is 5. The first-order valence-corrected chi connectivity index (χ1v) is 11.2. The zero-order valence-corrected chi connectivity index (χ0v) is 18.5. The van der Waals surface area contributed by atoms with Gasteiger partial charge in [0.05, 0.1) is 6.26 Å². The van der Waals surface area contributed by atoms with E-state index in [0.717, 1.165) is 29.7 Å². The predicted molar refractivity (Wildman–Crippen MR) is 117 cm³/mol. The number of benzene rings is 1. The van der Waals surface area contributed by atoms with Gasteiger partial charge in [0, 0.05) is 26.2 Å². The molecule has 1 aromatic carbocycles. The maximum absolute atomic E-state index is 13.2. The number of carbonyl (C=O) groups excluding carboxylic acids is 4. The molecule has 5 amide bonds. The topological polar surface area (TPSA) is 103 Å². The lowest BCUT2D eigenvalue weighted by atomic mass is 9.89. The van der Waals surface area contributed by atoms with Crippen molar-refractivity contribution in [2.45, 2.75) is 31.7 Å². The minimum absolute atomic E-state index is 0.216. The molecule has 172 valence electrons. The van der Waals surface area contributed by atoms with Gasteiger partial charge in [-0.3, -0.25) is 19.3 Å². The van der Waals surface area contributed by atoms with E-state index in [1.54, 1.807) is 28.9 Å². The zero-order valence-electron chi connectivity index (χ0n) is 18.5. The van der Waals surface area contributed by atoms with E-state index in [1.165, 1.54) is 17.4 Å². The summed E-state index contributed by atoms with van der Waals surface area (Å²) >= 11 is 0. The Morgan fingerprint density at radius 1 is 1.03 bits per heavy atom. The van der Waals surface area contributed by atoms with Gasteiger partial charge in [-0.05, 0) is 55.0 Å². The van der Waals surface area contributed by atoms with Crippen molar-refractivity contribution in [3.05, 3.63) is 59.0 Å². The van der Waals surface area contributed by atoms with Crippen LogP contribution in [0.25, 0.3) is 0 Å². The van der Waals surface area contributed by atoms with Gasteiger partial charge in [-0.1, -0.05) is 18.2 Å². The van der Waals surface area contributed by atoms with Crippen molar-refractivity contribution < 1.29 is 23.6 Å². The molecule has 2 aromatic rings. The highest BCUT2D eigenvalue weighted by atomic mass is 16.3. The van der Waals surface area contributed by atoms with E-state index in [0.29, 0.717) is 26.2 Å². The molecule has 9 heteroatoms. The number of nitrogens with zero attached hydrogens (tertiary/aromatic N) is 3. The van der Waals surface area contributed by atoms with Crippen LogP contribution in [0.5, 0.6) is 0 Å². The smallest absolute Gasteiger partial charge is 0.325 e. The summed E-state index contributed by atoms with van der Waals surface area (Å²) in [5.74, 6) is -0.696. The van der Waals surface area contributed by atoms with E-state index in [2.05, 4.69) is 5.32 Å². The molecule has 1 atom stereocenters. The number of hydrogen-bond donors (Lipinski definition) is 1. The quantitative estimate of drug-likeness (QED) is 0.712. The van der Waals surface area contributed by atoms with Gasteiger partial charge in [-0.2, -0.15) is 0 Å². The Morgan fingerprint density at radius 2 is 1.76 bits per heavy atom. The molecule has 1 aliphatic carbocycles. The van der Waals surface area contributed by atoms with E-state index < -0.39 is 17.5 Å². The summed E-state index contributed by atoms with van der Waals surface area (Å²) < 4.78 is 5.16. The van der Waals surface area contributed by atoms with Crippen LogP contribution in [0.15, 0.2) is 41.0 Å². The number of rotatable bonds is 4. The highest BCUT2D eigenvalue weighted by molar-refractivity contribution is 6.09. The van der Waals surface area contributed by atoms with Gasteiger partial charge in [-0.15, -0.1) is 0 Å². The Kier molecular flexibility index (Phi) is 5.19. The van der Waals surface area contributed by atoms with E-state index >= 15 is 0 Å². The van der Waals surface area contributed by atoms with E-state index in [-0.39, 0.29) is 24.1 Å². The van der Waals surface area contributed by atoms with E-state index in [9.17, 15) is 19.2 Å². The minimum Gasteiger partial charge on any atom is -0.459 e. The molecule has 3 aliphatic rings. The molecule has 0 spiro atoms. The summed E-state index contributed by atoms with van der Waals surface area (Å²) in [7, 11) is 0. The number of imide groups is 1. The Bertz CT molecular complexity index is 1120. The Labute approximate surface area is 191 Å². The fourth-order valence-electron chi connectivity index (χ4n) is 4.87. The molecule has 0 unspecified atom stereocenters. The van der Waals surface area contributed by atoms with Crippen LogP contribution < -0.4 is 5.32 Å². The Hall–Kier alpha value is -3.62. The molecular weight excluding hydrogens is 424 g/mol. The molecule has 2 saturated heterocycles. The highest BCUT2D eigenvalue weighted by Gasteiger charge is 2.50. The van der Waals surface area contributed by atoms with Crippen LogP contribution in [0.2, 0.25) is 0 Å².